The molecule has 4 nitrogen and oxygen atoms in total. The maximum absolute atomic E-state index is 5.80. The van der Waals surface area contributed by atoms with Crippen LogP contribution in [0.25, 0.3) is 0 Å². The first-order valence-corrected chi connectivity index (χ1v) is 7.80. The van der Waals surface area contributed by atoms with Crippen LogP contribution in [0.4, 0.5) is 0 Å². The molecule has 104 valence electrons. The molecular formula is C14H21N3OS. The Morgan fingerprint density at radius 2 is 2.42 bits per heavy atom. The largest absolute Gasteiger partial charge is 0.373 e. The fraction of sp³-hybridized carbons (Fsp3) is 0.643. The number of thiazole rings is 1. The van der Waals surface area contributed by atoms with Crippen LogP contribution in [0.5, 0.6) is 0 Å². The summed E-state index contributed by atoms with van der Waals surface area (Å²) in [4.78, 5) is 9.48. The van der Waals surface area contributed by atoms with Gasteiger partial charge in [0.2, 0.25) is 0 Å². The quantitative estimate of drug-likeness (QED) is 0.766. The molecule has 0 saturated carbocycles. The van der Waals surface area contributed by atoms with Crippen LogP contribution in [-0.2, 0) is 11.3 Å². The molecule has 1 aromatic heterocycles. The second-order valence-corrected chi connectivity index (χ2v) is 6.27. The SMILES string of the molecule is C=CCOC1CC2CN(Cc3nccs3)CCN2C1. The lowest BCUT2D eigenvalue weighted by molar-refractivity contribution is 0.0758. The van der Waals surface area contributed by atoms with Gasteiger partial charge in [-0.15, -0.1) is 17.9 Å². The van der Waals surface area contributed by atoms with Crippen LogP contribution in [-0.4, -0.2) is 59.7 Å². The highest BCUT2D eigenvalue weighted by Gasteiger charge is 2.36. The molecular weight excluding hydrogens is 258 g/mol. The topological polar surface area (TPSA) is 28.6 Å². The molecule has 0 aliphatic carbocycles. The minimum atomic E-state index is 0.391. The number of hydrogen-bond donors (Lipinski definition) is 0. The number of fused-ring (bicyclic) bond motifs is 1. The van der Waals surface area contributed by atoms with Crippen LogP contribution in [0.1, 0.15) is 11.4 Å². The van der Waals surface area contributed by atoms with Crippen molar-refractivity contribution in [1.29, 1.82) is 0 Å². The van der Waals surface area contributed by atoms with Crippen molar-refractivity contribution < 1.29 is 4.74 Å². The molecule has 2 aliphatic heterocycles. The van der Waals surface area contributed by atoms with Crippen LogP contribution in [0.15, 0.2) is 24.2 Å². The van der Waals surface area contributed by atoms with Crippen molar-refractivity contribution in [2.45, 2.75) is 25.1 Å². The van der Waals surface area contributed by atoms with Gasteiger partial charge in [0.25, 0.3) is 0 Å². The zero-order chi connectivity index (χ0) is 13.1. The summed E-state index contributed by atoms with van der Waals surface area (Å²) in [6.45, 7) is 9.92. The van der Waals surface area contributed by atoms with Gasteiger partial charge in [0, 0.05) is 43.8 Å². The number of nitrogens with zero attached hydrogens (tertiary/aromatic N) is 3. The van der Waals surface area contributed by atoms with Gasteiger partial charge in [-0.3, -0.25) is 9.80 Å². The van der Waals surface area contributed by atoms with Crippen molar-refractivity contribution in [3.05, 3.63) is 29.2 Å². The zero-order valence-corrected chi connectivity index (χ0v) is 12.0. The molecule has 2 atom stereocenters. The van der Waals surface area contributed by atoms with Crippen molar-refractivity contribution >= 4 is 11.3 Å². The second-order valence-electron chi connectivity index (χ2n) is 5.29. The average molecular weight is 279 g/mol. The molecule has 1 aromatic rings. The molecule has 2 aliphatic rings. The summed E-state index contributed by atoms with van der Waals surface area (Å²) in [5, 5.41) is 3.28. The predicted molar refractivity (Wildman–Crippen MR) is 77.3 cm³/mol. The van der Waals surface area contributed by atoms with E-state index in [0.29, 0.717) is 18.8 Å². The molecule has 19 heavy (non-hydrogen) atoms. The van der Waals surface area contributed by atoms with E-state index in [-0.39, 0.29) is 0 Å². The molecule has 2 saturated heterocycles. The highest BCUT2D eigenvalue weighted by molar-refractivity contribution is 7.09. The van der Waals surface area contributed by atoms with E-state index < -0.39 is 0 Å². The van der Waals surface area contributed by atoms with E-state index in [4.69, 9.17) is 4.74 Å². The van der Waals surface area contributed by atoms with E-state index in [9.17, 15) is 0 Å². The maximum Gasteiger partial charge on any atom is 0.107 e. The Labute approximate surface area is 118 Å². The molecule has 0 amide bonds. The van der Waals surface area contributed by atoms with E-state index in [0.717, 1.165) is 39.1 Å². The first-order valence-electron chi connectivity index (χ1n) is 6.92. The Kier molecular flexibility index (Phi) is 4.28. The molecule has 0 N–H and O–H groups in total. The maximum atomic E-state index is 5.80. The summed E-state index contributed by atoms with van der Waals surface area (Å²) >= 11 is 1.75. The number of ether oxygens (including phenoxy) is 1. The third-order valence-electron chi connectivity index (χ3n) is 3.95. The normalized spacial score (nSPS) is 28.4. The standard InChI is InChI=1S/C14H21N3OS/c1-2-6-18-13-8-12-9-16(4-5-17(12)10-13)11-14-15-3-7-19-14/h2-3,7,12-13H,1,4-6,8-11H2. The molecule has 0 spiro atoms. The highest BCUT2D eigenvalue weighted by atomic mass is 32.1. The Bertz CT molecular complexity index is 409. The molecule has 3 heterocycles. The van der Waals surface area contributed by atoms with Gasteiger partial charge >= 0.3 is 0 Å². The van der Waals surface area contributed by atoms with E-state index in [1.54, 1.807) is 11.3 Å². The van der Waals surface area contributed by atoms with E-state index >= 15 is 0 Å². The molecule has 0 aromatic carbocycles. The summed E-state index contributed by atoms with van der Waals surface area (Å²) < 4.78 is 5.80. The molecule has 3 rings (SSSR count). The smallest absolute Gasteiger partial charge is 0.107 e. The monoisotopic (exact) mass is 279 g/mol. The van der Waals surface area contributed by atoms with Crippen LogP contribution in [0.2, 0.25) is 0 Å². The van der Waals surface area contributed by atoms with Gasteiger partial charge in [0.1, 0.15) is 5.01 Å². The van der Waals surface area contributed by atoms with Gasteiger partial charge in [0.15, 0.2) is 0 Å². The van der Waals surface area contributed by atoms with Crippen molar-refractivity contribution in [2.75, 3.05) is 32.8 Å². The van der Waals surface area contributed by atoms with Crippen molar-refractivity contribution in [3.8, 4) is 0 Å². The fourth-order valence-corrected chi connectivity index (χ4v) is 3.71. The fourth-order valence-electron chi connectivity index (χ4n) is 3.05. The molecule has 2 fully saturated rings. The second kappa shape index (κ2) is 6.13. The first-order chi connectivity index (χ1) is 9.35. The molecule has 2 unspecified atom stereocenters. The lowest BCUT2D eigenvalue weighted by atomic mass is 10.1. The molecule has 5 heteroatoms. The number of hydrogen-bond acceptors (Lipinski definition) is 5. The van der Waals surface area contributed by atoms with Crippen molar-refractivity contribution in [2.24, 2.45) is 0 Å². The summed E-state index contributed by atoms with van der Waals surface area (Å²) in [6.07, 6.45) is 5.28. The minimum Gasteiger partial charge on any atom is -0.373 e. The van der Waals surface area contributed by atoms with E-state index in [1.165, 1.54) is 5.01 Å². The molecule has 0 radical (unpaired) electrons. The average Bonchev–Trinajstić information content (AvgIpc) is 3.04. The summed E-state index contributed by atoms with van der Waals surface area (Å²) in [5.74, 6) is 0. The summed E-state index contributed by atoms with van der Waals surface area (Å²) in [5.41, 5.74) is 0. The van der Waals surface area contributed by atoms with Gasteiger partial charge in [-0.1, -0.05) is 6.08 Å². The van der Waals surface area contributed by atoms with Crippen LogP contribution in [0, 0.1) is 0 Å². The van der Waals surface area contributed by atoms with Crippen LogP contribution < -0.4 is 0 Å². The van der Waals surface area contributed by atoms with Gasteiger partial charge in [-0.05, 0) is 6.42 Å². The number of piperazine rings is 1. The number of rotatable bonds is 5. The summed E-state index contributed by atoms with van der Waals surface area (Å²) in [6, 6.07) is 0.656. The van der Waals surface area contributed by atoms with E-state index in [1.807, 2.05) is 12.3 Å². The zero-order valence-electron chi connectivity index (χ0n) is 11.2. The van der Waals surface area contributed by atoms with Crippen LogP contribution >= 0.6 is 11.3 Å². The molecule has 0 bridgehead atoms. The summed E-state index contributed by atoms with van der Waals surface area (Å²) in [7, 11) is 0. The third kappa shape index (κ3) is 3.23. The Morgan fingerprint density at radius 3 is 3.21 bits per heavy atom. The van der Waals surface area contributed by atoms with Gasteiger partial charge in [-0.2, -0.15) is 0 Å². The third-order valence-corrected chi connectivity index (χ3v) is 4.72. The Hall–Kier alpha value is -0.750. The van der Waals surface area contributed by atoms with Crippen molar-refractivity contribution in [3.63, 3.8) is 0 Å². The highest BCUT2D eigenvalue weighted by Crippen LogP contribution is 2.25. The Balaban J connectivity index is 1.51. The number of aromatic nitrogens is 1. The van der Waals surface area contributed by atoms with Crippen molar-refractivity contribution in [1.82, 2.24) is 14.8 Å². The van der Waals surface area contributed by atoms with Gasteiger partial charge in [0.05, 0.1) is 19.3 Å². The Morgan fingerprint density at radius 1 is 1.47 bits per heavy atom. The lowest BCUT2D eigenvalue weighted by Crippen LogP contribution is -2.49. The van der Waals surface area contributed by atoms with E-state index in [2.05, 4.69) is 26.7 Å². The first kappa shape index (κ1) is 13.2. The lowest BCUT2D eigenvalue weighted by Gasteiger charge is -2.36. The minimum absolute atomic E-state index is 0.391. The van der Waals surface area contributed by atoms with Crippen LogP contribution in [0.3, 0.4) is 0 Å². The van der Waals surface area contributed by atoms with Gasteiger partial charge < -0.3 is 4.74 Å². The predicted octanol–water partition coefficient (Wildman–Crippen LogP) is 1.60. The van der Waals surface area contributed by atoms with Gasteiger partial charge in [-0.25, -0.2) is 4.98 Å².